The number of carbonyl (C=O) groups excluding carboxylic acids is 2. The molecule has 7 heteroatoms. The predicted molar refractivity (Wildman–Crippen MR) is 105 cm³/mol. The van der Waals surface area contributed by atoms with E-state index in [0.717, 1.165) is 10.0 Å². The number of rotatable bonds is 0. The van der Waals surface area contributed by atoms with Crippen LogP contribution >= 0.6 is 15.9 Å². The van der Waals surface area contributed by atoms with Crippen molar-refractivity contribution in [2.75, 3.05) is 18.4 Å². The molecule has 2 aliphatic rings. The maximum Gasteiger partial charge on any atom is 0.410 e. The molecule has 0 aromatic carbocycles. The summed E-state index contributed by atoms with van der Waals surface area (Å²) in [6.07, 6.45) is 3.29. The van der Waals surface area contributed by atoms with Gasteiger partial charge in [-0.05, 0) is 67.6 Å². The molecule has 1 aromatic rings. The molecule has 0 bridgehead atoms. The molecule has 0 radical (unpaired) electrons. The van der Waals surface area contributed by atoms with Gasteiger partial charge in [0.05, 0.1) is 5.41 Å². The van der Waals surface area contributed by atoms with Crippen LogP contribution in [-0.4, -0.2) is 40.6 Å². The third-order valence-corrected chi connectivity index (χ3v) is 4.98. The van der Waals surface area contributed by atoms with Gasteiger partial charge in [-0.3, -0.25) is 4.79 Å². The van der Waals surface area contributed by atoms with Gasteiger partial charge in [-0.1, -0.05) is 13.8 Å². The van der Waals surface area contributed by atoms with Crippen LogP contribution in [-0.2, 0) is 16.0 Å². The van der Waals surface area contributed by atoms with E-state index in [4.69, 9.17) is 4.74 Å². The number of nitrogens with zero attached hydrogens (tertiary/aromatic N) is 2. The zero-order valence-electron chi connectivity index (χ0n) is 16.2. The van der Waals surface area contributed by atoms with E-state index in [1.54, 1.807) is 11.1 Å². The fourth-order valence-corrected chi connectivity index (χ4v) is 3.64. The van der Waals surface area contributed by atoms with Crippen LogP contribution in [0.4, 0.5) is 10.6 Å². The Hall–Kier alpha value is -1.63. The van der Waals surface area contributed by atoms with Crippen molar-refractivity contribution in [1.29, 1.82) is 0 Å². The number of ether oxygens (including phenoxy) is 1. The third kappa shape index (κ3) is 4.55. The molecule has 3 heterocycles. The molecule has 1 N–H and O–H groups in total. The average molecular weight is 426 g/mol. The quantitative estimate of drug-likeness (QED) is 0.668. The lowest BCUT2D eigenvalue weighted by atomic mass is 9.71. The van der Waals surface area contributed by atoms with Crippen LogP contribution in [0.5, 0.6) is 0 Å². The number of hydrogen-bond donors (Lipinski definition) is 1. The summed E-state index contributed by atoms with van der Waals surface area (Å²) in [6.45, 7) is 10.6. The number of piperidine rings is 1. The Labute approximate surface area is 163 Å². The molecule has 1 aromatic heterocycles. The van der Waals surface area contributed by atoms with Crippen molar-refractivity contribution in [3.8, 4) is 0 Å². The van der Waals surface area contributed by atoms with Crippen LogP contribution in [0, 0.1) is 5.41 Å². The highest BCUT2D eigenvalue weighted by atomic mass is 79.9. The smallest absolute Gasteiger partial charge is 0.410 e. The molecule has 0 aliphatic carbocycles. The van der Waals surface area contributed by atoms with E-state index in [-0.39, 0.29) is 12.0 Å². The largest absolute Gasteiger partial charge is 0.444 e. The molecule has 6 nitrogen and oxygen atoms in total. The zero-order valence-corrected chi connectivity index (χ0v) is 17.8. The van der Waals surface area contributed by atoms with Crippen molar-refractivity contribution in [1.82, 2.24) is 9.88 Å². The highest BCUT2D eigenvalue weighted by Gasteiger charge is 2.46. The van der Waals surface area contributed by atoms with E-state index in [9.17, 15) is 9.59 Å². The standard InChI is InChI=1S/C17H22BrN3O3.C2H6/c1-16(2,3)24-15(23)21-6-4-17(5-7-21)9-11-8-12(18)10-19-13(11)20-14(17)22;1-2/h8,10H,4-7,9H2,1-3H3,(H,19,20,22);1-2H3. The minimum atomic E-state index is -0.509. The van der Waals surface area contributed by atoms with Crippen LogP contribution < -0.4 is 5.32 Å². The second-order valence-electron chi connectivity index (χ2n) is 7.54. The van der Waals surface area contributed by atoms with Crippen LogP contribution in [0.2, 0.25) is 0 Å². The van der Waals surface area contributed by atoms with E-state index in [0.29, 0.717) is 38.2 Å². The highest BCUT2D eigenvalue weighted by molar-refractivity contribution is 9.10. The van der Waals surface area contributed by atoms with Gasteiger partial charge in [-0.15, -0.1) is 0 Å². The van der Waals surface area contributed by atoms with Crippen molar-refractivity contribution in [2.45, 2.75) is 59.5 Å². The van der Waals surface area contributed by atoms with Gasteiger partial charge >= 0.3 is 6.09 Å². The van der Waals surface area contributed by atoms with Crippen molar-refractivity contribution < 1.29 is 14.3 Å². The molecule has 1 saturated heterocycles. The summed E-state index contributed by atoms with van der Waals surface area (Å²) in [5, 5.41) is 2.92. The first-order chi connectivity index (χ1) is 12.2. The normalized spacial score (nSPS) is 18.4. The lowest BCUT2D eigenvalue weighted by molar-refractivity contribution is -0.129. The van der Waals surface area contributed by atoms with Crippen LogP contribution in [0.1, 0.15) is 53.0 Å². The van der Waals surface area contributed by atoms with E-state index in [1.807, 2.05) is 40.7 Å². The first kappa shape index (κ1) is 20.7. The van der Waals surface area contributed by atoms with Gasteiger partial charge in [-0.2, -0.15) is 0 Å². The number of amides is 2. The first-order valence-electron chi connectivity index (χ1n) is 9.12. The minimum absolute atomic E-state index is 0.00802. The maximum absolute atomic E-state index is 12.6. The maximum atomic E-state index is 12.6. The molecule has 1 spiro atoms. The number of halogens is 1. The number of aromatic nitrogens is 1. The van der Waals surface area contributed by atoms with E-state index < -0.39 is 11.0 Å². The topological polar surface area (TPSA) is 71.5 Å². The molecule has 1 fully saturated rings. The highest BCUT2D eigenvalue weighted by Crippen LogP contribution is 2.41. The summed E-state index contributed by atoms with van der Waals surface area (Å²) in [5.74, 6) is 0.650. The molecular formula is C19H28BrN3O3. The second-order valence-corrected chi connectivity index (χ2v) is 8.46. The number of hydrogen-bond acceptors (Lipinski definition) is 4. The van der Waals surface area contributed by atoms with Gasteiger partial charge in [0.25, 0.3) is 0 Å². The number of anilines is 1. The Kier molecular flexibility index (Phi) is 6.32. The fourth-order valence-electron chi connectivity index (χ4n) is 3.26. The molecular weight excluding hydrogens is 398 g/mol. The monoisotopic (exact) mass is 425 g/mol. The summed E-state index contributed by atoms with van der Waals surface area (Å²) >= 11 is 3.43. The Bertz CT molecular complexity index is 677. The fraction of sp³-hybridized carbons (Fsp3) is 0.632. The van der Waals surface area contributed by atoms with E-state index in [1.165, 1.54) is 0 Å². The molecule has 0 unspecified atom stereocenters. The van der Waals surface area contributed by atoms with E-state index in [2.05, 4.69) is 26.2 Å². The first-order valence-corrected chi connectivity index (χ1v) is 9.92. The summed E-state index contributed by atoms with van der Waals surface area (Å²) in [4.78, 5) is 30.8. The Morgan fingerprint density at radius 2 is 1.92 bits per heavy atom. The van der Waals surface area contributed by atoms with Gasteiger partial charge in [0.15, 0.2) is 0 Å². The van der Waals surface area contributed by atoms with Gasteiger partial charge in [0, 0.05) is 23.8 Å². The molecule has 144 valence electrons. The van der Waals surface area contributed by atoms with Gasteiger partial charge < -0.3 is 15.0 Å². The van der Waals surface area contributed by atoms with Gasteiger partial charge in [0.2, 0.25) is 5.91 Å². The second kappa shape index (κ2) is 7.94. The van der Waals surface area contributed by atoms with Crippen molar-refractivity contribution >= 4 is 33.7 Å². The Morgan fingerprint density at radius 3 is 2.50 bits per heavy atom. The Morgan fingerprint density at radius 1 is 1.31 bits per heavy atom. The van der Waals surface area contributed by atoms with Crippen molar-refractivity contribution in [3.05, 3.63) is 22.3 Å². The predicted octanol–water partition coefficient (Wildman–Crippen LogP) is 4.38. The molecule has 0 atom stereocenters. The molecule has 2 amide bonds. The number of likely N-dealkylation sites (tertiary alicyclic amines) is 1. The molecule has 0 saturated carbocycles. The SMILES string of the molecule is CC.CC(C)(C)OC(=O)N1CCC2(CC1)Cc1cc(Br)cnc1NC2=O. The minimum Gasteiger partial charge on any atom is -0.444 e. The number of carbonyl (C=O) groups is 2. The molecule has 2 aliphatic heterocycles. The Balaban J connectivity index is 0.00000117. The van der Waals surface area contributed by atoms with Gasteiger partial charge in [-0.25, -0.2) is 9.78 Å². The van der Waals surface area contributed by atoms with Gasteiger partial charge in [0.1, 0.15) is 11.4 Å². The van der Waals surface area contributed by atoms with Crippen molar-refractivity contribution in [2.24, 2.45) is 5.41 Å². The molecule has 26 heavy (non-hydrogen) atoms. The summed E-state index contributed by atoms with van der Waals surface area (Å²) < 4.78 is 6.32. The summed E-state index contributed by atoms with van der Waals surface area (Å²) in [6, 6.07) is 2.00. The van der Waals surface area contributed by atoms with Crippen LogP contribution in [0.15, 0.2) is 16.7 Å². The lowest BCUT2D eigenvalue weighted by Gasteiger charge is -2.43. The number of pyridine rings is 1. The summed E-state index contributed by atoms with van der Waals surface area (Å²) in [7, 11) is 0. The van der Waals surface area contributed by atoms with E-state index >= 15 is 0 Å². The summed E-state index contributed by atoms with van der Waals surface area (Å²) in [5.41, 5.74) is 0.0638. The lowest BCUT2D eigenvalue weighted by Crippen LogP contribution is -2.51. The zero-order chi connectivity index (χ0) is 19.5. The van der Waals surface area contributed by atoms with Crippen LogP contribution in [0.3, 0.4) is 0 Å². The number of fused-ring (bicyclic) bond motifs is 1. The van der Waals surface area contributed by atoms with Crippen LogP contribution in [0.25, 0.3) is 0 Å². The number of nitrogens with one attached hydrogen (secondary N) is 1. The van der Waals surface area contributed by atoms with Crippen molar-refractivity contribution in [3.63, 3.8) is 0 Å². The average Bonchev–Trinajstić information content (AvgIpc) is 2.57. The molecule has 3 rings (SSSR count). The third-order valence-electron chi connectivity index (χ3n) is 4.55.